The number of aryl methyl sites for hydroxylation is 1. The van der Waals surface area contributed by atoms with Crippen LogP contribution in [0, 0.1) is 5.21 Å². The zero-order valence-electron chi connectivity index (χ0n) is 18.8. The lowest BCUT2D eigenvalue weighted by atomic mass is 9.90. The standard InChI is InChI=1S/C25H31NO5/c1-23(2)24(3,4)31-25(30-23,17-16-19-12-8-6-9-13-19)21(22(27)29-5)26(28)18-20-14-10-7-11-15-20/h6-15,18,21H,16-17H2,1-5H3/b26-18+. The highest BCUT2D eigenvalue weighted by Crippen LogP contribution is 2.48. The molecule has 0 radical (unpaired) electrons. The minimum Gasteiger partial charge on any atom is -0.623 e. The van der Waals surface area contributed by atoms with Crippen LogP contribution < -0.4 is 0 Å². The summed E-state index contributed by atoms with van der Waals surface area (Å²) in [5.41, 5.74) is 0.262. The molecule has 1 aliphatic heterocycles. The Balaban J connectivity index is 2.05. The number of hydrogen-bond donors (Lipinski definition) is 0. The molecule has 1 atom stereocenters. The first-order chi connectivity index (χ1) is 14.6. The van der Waals surface area contributed by atoms with Crippen molar-refractivity contribution in [3.63, 3.8) is 0 Å². The lowest BCUT2D eigenvalue weighted by Crippen LogP contribution is -2.55. The van der Waals surface area contributed by atoms with Gasteiger partial charge in [0.15, 0.2) is 6.21 Å². The van der Waals surface area contributed by atoms with Crippen molar-refractivity contribution in [2.75, 3.05) is 7.11 Å². The van der Waals surface area contributed by atoms with Crippen LogP contribution >= 0.6 is 0 Å². The van der Waals surface area contributed by atoms with E-state index in [0.29, 0.717) is 23.1 Å². The third kappa shape index (κ3) is 4.81. The molecule has 6 heteroatoms. The van der Waals surface area contributed by atoms with Crippen LogP contribution in [0.15, 0.2) is 60.7 Å². The highest BCUT2D eigenvalue weighted by molar-refractivity contribution is 5.79. The Kier molecular flexibility index (Phi) is 6.53. The van der Waals surface area contributed by atoms with Gasteiger partial charge in [-0.25, -0.2) is 4.79 Å². The van der Waals surface area contributed by atoms with Gasteiger partial charge in [0, 0.05) is 12.0 Å². The zero-order valence-corrected chi connectivity index (χ0v) is 18.8. The van der Waals surface area contributed by atoms with Gasteiger partial charge in [-0.3, -0.25) is 0 Å². The smallest absolute Gasteiger partial charge is 0.382 e. The normalized spacial score (nSPS) is 20.2. The summed E-state index contributed by atoms with van der Waals surface area (Å²) in [4.78, 5) is 12.9. The summed E-state index contributed by atoms with van der Waals surface area (Å²) >= 11 is 0. The summed E-state index contributed by atoms with van der Waals surface area (Å²) in [7, 11) is 1.27. The van der Waals surface area contributed by atoms with E-state index >= 15 is 0 Å². The minimum atomic E-state index is -1.48. The van der Waals surface area contributed by atoms with Crippen molar-refractivity contribution in [2.45, 2.75) is 63.6 Å². The number of carbonyl (C=O) groups excluding carboxylic acids is 1. The maximum atomic E-state index is 13.3. The SMILES string of the molecule is COC(=O)C(/[N+]([O-])=C\c1ccccc1)C1(CCc2ccccc2)OC(C)(C)C(C)(C)O1. The first-order valence-corrected chi connectivity index (χ1v) is 10.5. The third-order valence-electron chi connectivity index (χ3n) is 6.08. The monoisotopic (exact) mass is 425 g/mol. The van der Waals surface area contributed by atoms with E-state index in [0.717, 1.165) is 5.56 Å². The molecule has 1 fully saturated rings. The van der Waals surface area contributed by atoms with Gasteiger partial charge in [-0.15, -0.1) is 0 Å². The van der Waals surface area contributed by atoms with Crippen LogP contribution in [0.25, 0.3) is 0 Å². The van der Waals surface area contributed by atoms with Gasteiger partial charge in [0.1, 0.15) is 0 Å². The summed E-state index contributed by atoms with van der Waals surface area (Å²) in [5, 5.41) is 13.3. The quantitative estimate of drug-likeness (QED) is 0.220. The van der Waals surface area contributed by atoms with Crippen molar-refractivity contribution in [3.8, 4) is 0 Å². The van der Waals surface area contributed by atoms with E-state index in [-0.39, 0.29) is 0 Å². The van der Waals surface area contributed by atoms with Crippen molar-refractivity contribution in [1.29, 1.82) is 0 Å². The summed E-state index contributed by atoms with van der Waals surface area (Å²) in [6, 6.07) is 17.6. The number of benzene rings is 2. The second-order valence-electron chi connectivity index (χ2n) is 8.85. The Labute approximate surface area is 184 Å². The number of carbonyl (C=O) groups is 1. The van der Waals surface area contributed by atoms with E-state index in [2.05, 4.69) is 0 Å². The molecule has 6 nitrogen and oxygen atoms in total. The molecule has 2 aromatic rings. The summed E-state index contributed by atoms with van der Waals surface area (Å²) in [6.07, 6.45) is 2.25. The molecule has 0 saturated carbocycles. The molecule has 0 spiro atoms. The fourth-order valence-corrected chi connectivity index (χ4v) is 3.79. The van der Waals surface area contributed by atoms with E-state index in [1.807, 2.05) is 76.2 Å². The van der Waals surface area contributed by atoms with Gasteiger partial charge in [0.2, 0.25) is 5.79 Å². The summed E-state index contributed by atoms with van der Waals surface area (Å²) in [5.74, 6) is -2.19. The van der Waals surface area contributed by atoms with Gasteiger partial charge in [-0.1, -0.05) is 48.5 Å². The van der Waals surface area contributed by atoms with Gasteiger partial charge < -0.3 is 19.4 Å². The second-order valence-corrected chi connectivity index (χ2v) is 8.85. The average Bonchev–Trinajstić information content (AvgIpc) is 2.92. The van der Waals surface area contributed by atoms with Gasteiger partial charge in [0.25, 0.3) is 0 Å². The van der Waals surface area contributed by atoms with Gasteiger partial charge in [-0.05, 0) is 51.8 Å². The van der Waals surface area contributed by atoms with Crippen LogP contribution in [-0.2, 0) is 25.4 Å². The summed E-state index contributed by atoms with van der Waals surface area (Å²) in [6.45, 7) is 7.62. The molecule has 1 unspecified atom stereocenters. The van der Waals surface area contributed by atoms with Crippen molar-refractivity contribution < 1.29 is 23.7 Å². The van der Waals surface area contributed by atoms with Crippen LogP contribution in [0.2, 0.25) is 0 Å². The predicted molar refractivity (Wildman–Crippen MR) is 119 cm³/mol. The predicted octanol–water partition coefficient (Wildman–Crippen LogP) is 4.09. The highest BCUT2D eigenvalue weighted by atomic mass is 16.8. The van der Waals surface area contributed by atoms with Crippen LogP contribution in [0.5, 0.6) is 0 Å². The Morgan fingerprint density at radius 2 is 1.52 bits per heavy atom. The lowest BCUT2D eigenvalue weighted by molar-refractivity contribution is -0.529. The Hall–Kier alpha value is -2.70. The van der Waals surface area contributed by atoms with Crippen molar-refractivity contribution in [3.05, 3.63) is 77.0 Å². The number of hydrogen-bond acceptors (Lipinski definition) is 5. The highest BCUT2D eigenvalue weighted by Gasteiger charge is 2.65. The molecule has 0 amide bonds. The Bertz CT molecular complexity index is 905. The molecule has 2 aromatic carbocycles. The zero-order chi connectivity index (χ0) is 22.7. The molecule has 0 N–H and O–H groups in total. The van der Waals surface area contributed by atoms with Crippen molar-refractivity contribution >= 4 is 12.2 Å². The molecule has 1 aliphatic rings. The number of ether oxygens (including phenoxy) is 3. The molecule has 0 bridgehead atoms. The van der Waals surface area contributed by atoms with Crippen LogP contribution in [0.3, 0.4) is 0 Å². The maximum Gasteiger partial charge on any atom is 0.382 e. The number of esters is 1. The molecule has 3 rings (SSSR count). The third-order valence-corrected chi connectivity index (χ3v) is 6.08. The van der Waals surface area contributed by atoms with Crippen LogP contribution in [-0.4, -0.2) is 47.1 Å². The fourth-order valence-electron chi connectivity index (χ4n) is 3.79. The Morgan fingerprint density at radius 1 is 1.00 bits per heavy atom. The average molecular weight is 426 g/mol. The number of hydroxylamine groups is 1. The molecule has 0 aliphatic carbocycles. The Morgan fingerprint density at radius 3 is 2.03 bits per heavy atom. The molecule has 1 heterocycles. The molecule has 1 saturated heterocycles. The van der Waals surface area contributed by atoms with Crippen molar-refractivity contribution in [2.24, 2.45) is 0 Å². The van der Waals surface area contributed by atoms with Gasteiger partial charge in [-0.2, -0.15) is 4.74 Å². The number of methoxy groups -OCH3 is 1. The van der Waals surface area contributed by atoms with E-state index < -0.39 is 29.0 Å². The van der Waals surface area contributed by atoms with E-state index in [1.54, 1.807) is 12.1 Å². The van der Waals surface area contributed by atoms with Gasteiger partial charge >= 0.3 is 12.0 Å². The largest absolute Gasteiger partial charge is 0.623 e. The molecule has 31 heavy (non-hydrogen) atoms. The van der Waals surface area contributed by atoms with E-state index in [9.17, 15) is 10.0 Å². The van der Waals surface area contributed by atoms with Crippen molar-refractivity contribution in [1.82, 2.24) is 0 Å². The number of nitrogens with zero attached hydrogens (tertiary/aromatic N) is 1. The summed E-state index contributed by atoms with van der Waals surface area (Å²) < 4.78 is 18.5. The first-order valence-electron chi connectivity index (χ1n) is 10.5. The molecular formula is C25H31NO5. The molecule has 0 aromatic heterocycles. The topological polar surface area (TPSA) is 70.8 Å². The second kappa shape index (κ2) is 8.81. The lowest BCUT2D eigenvalue weighted by Gasteiger charge is -2.33. The number of rotatable bonds is 7. The maximum absolute atomic E-state index is 13.3. The first kappa shape index (κ1) is 23.0. The van der Waals surface area contributed by atoms with Crippen LogP contribution in [0.1, 0.15) is 45.2 Å². The van der Waals surface area contributed by atoms with Gasteiger partial charge in [0.05, 0.1) is 18.3 Å². The minimum absolute atomic E-state index is 0.311. The van der Waals surface area contributed by atoms with E-state index in [1.165, 1.54) is 13.3 Å². The van der Waals surface area contributed by atoms with E-state index in [4.69, 9.17) is 14.2 Å². The molecule has 166 valence electrons. The molecular weight excluding hydrogens is 394 g/mol. The fraction of sp³-hybridized carbons (Fsp3) is 0.440. The van der Waals surface area contributed by atoms with Crippen LogP contribution in [0.4, 0.5) is 0 Å².